The summed E-state index contributed by atoms with van der Waals surface area (Å²) >= 11 is 0. The van der Waals surface area contributed by atoms with Gasteiger partial charge in [-0.25, -0.2) is 5.48 Å². The molecule has 0 atom stereocenters. The Morgan fingerprint density at radius 2 is 1.70 bits per heavy atom. The minimum absolute atomic E-state index is 0.200. The van der Waals surface area contributed by atoms with E-state index in [1.807, 2.05) is 0 Å². The highest BCUT2D eigenvalue weighted by molar-refractivity contribution is 4.88. The molecule has 0 bridgehead atoms. The molecule has 2 heterocycles. The van der Waals surface area contributed by atoms with Crippen molar-refractivity contribution >= 4 is 0 Å². The molecule has 2 saturated heterocycles. The maximum atomic E-state index is 5.49. The molecule has 2 rings (SSSR count). The summed E-state index contributed by atoms with van der Waals surface area (Å²) in [6.07, 6.45) is 3.52. The van der Waals surface area contributed by atoms with Crippen molar-refractivity contribution in [3.63, 3.8) is 0 Å². The zero-order chi connectivity index (χ0) is 6.86. The second kappa shape index (κ2) is 2.49. The van der Waals surface area contributed by atoms with Gasteiger partial charge in [0.25, 0.3) is 0 Å². The molecule has 10 heavy (non-hydrogen) atoms. The quantitative estimate of drug-likeness (QED) is 0.501. The Morgan fingerprint density at radius 1 is 1.00 bits per heavy atom. The molecule has 2 fully saturated rings. The van der Waals surface area contributed by atoms with E-state index in [9.17, 15) is 0 Å². The Labute approximate surface area is 61.1 Å². The van der Waals surface area contributed by atoms with Crippen molar-refractivity contribution in [1.82, 2.24) is 10.8 Å². The van der Waals surface area contributed by atoms with Gasteiger partial charge in [0, 0.05) is 6.54 Å². The first kappa shape index (κ1) is 6.58. The number of hydroxylamine groups is 1. The van der Waals surface area contributed by atoms with Crippen LogP contribution in [0.4, 0.5) is 0 Å². The predicted molar refractivity (Wildman–Crippen MR) is 38.5 cm³/mol. The monoisotopic (exact) mass is 142 g/mol. The molecule has 3 heteroatoms. The maximum absolute atomic E-state index is 5.49. The highest BCUT2D eigenvalue weighted by Gasteiger charge is 2.36. The molecule has 2 N–H and O–H groups in total. The average molecular weight is 142 g/mol. The number of nitrogens with one attached hydrogen (secondary N) is 2. The molecule has 0 amide bonds. The van der Waals surface area contributed by atoms with Crippen LogP contribution >= 0.6 is 0 Å². The third-order valence-corrected chi connectivity index (χ3v) is 2.49. The van der Waals surface area contributed by atoms with Gasteiger partial charge in [-0.3, -0.25) is 4.84 Å². The maximum Gasteiger partial charge on any atom is 0.0933 e. The van der Waals surface area contributed by atoms with E-state index in [0.717, 1.165) is 19.6 Å². The van der Waals surface area contributed by atoms with Gasteiger partial charge < -0.3 is 5.32 Å². The van der Waals surface area contributed by atoms with E-state index in [1.165, 1.54) is 19.3 Å². The molecule has 1 spiro atoms. The van der Waals surface area contributed by atoms with Crippen LogP contribution in [0.25, 0.3) is 0 Å². The summed E-state index contributed by atoms with van der Waals surface area (Å²) in [6, 6.07) is 0. The molecule has 0 saturated carbocycles. The van der Waals surface area contributed by atoms with Gasteiger partial charge in [-0.2, -0.15) is 0 Å². The first-order valence-electron chi connectivity index (χ1n) is 4.03. The van der Waals surface area contributed by atoms with Crippen LogP contribution in [0.1, 0.15) is 19.3 Å². The van der Waals surface area contributed by atoms with Gasteiger partial charge in [0.05, 0.1) is 5.60 Å². The molecule has 3 nitrogen and oxygen atoms in total. The second-order valence-corrected chi connectivity index (χ2v) is 3.18. The molecule has 2 aliphatic heterocycles. The van der Waals surface area contributed by atoms with Crippen molar-refractivity contribution in [3.05, 3.63) is 0 Å². The van der Waals surface area contributed by atoms with Crippen molar-refractivity contribution in [2.24, 2.45) is 0 Å². The van der Waals surface area contributed by atoms with Crippen LogP contribution in [0, 0.1) is 0 Å². The third-order valence-electron chi connectivity index (χ3n) is 2.49. The van der Waals surface area contributed by atoms with Gasteiger partial charge in [-0.15, -0.1) is 0 Å². The Kier molecular flexibility index (Phi) is 1.64. The lowest BCUT2D eigenvalue weighted by Gasteiger charge is -2.31. The molecule has 0 aromatic rings. The number of piperidine rings is 1. The van der Waals surface area contributed by atoms with Crippen LogP contribution in [-0.2, 0) is 4.84 Å². The van der Waals surface area contributed by atoms with Crippen molar-refractivity contribution in [1.29, 1.82) is 0 Å². The zero-order valence-electron chi connectivity index (χ0n) is 6.15. The molecular weight excluding hydrogens is 128 g/mol. The SMILES string of the molecule is C1CC2(CCN1)CCNO2. The molecule has 0 aromatic carbocycles. The van der Waals surface area contributed by atoms with Gasteiger partial charge >= 0.3 is 0 Å². The minimum Gasteiger partial charge on any atom is -0.317 e. The smallest absolute Gasteiger partial charge is 0.0933 e. The fourth-order valence-corrected chi connectivity index (χ4v) is 1.77. The van der Waals surface area contributed by atoms with Gasteiger partial charge in [-0.1, -0.05) is 0 Å². The minimum atomic E-state index is 0.200. The van der Waals surface area contributed by atoms with E-state index in [2.05, 4.69) is 10.8 Å². The summed E-state index contributed by atoms with van der Waals surface area (Å²) in [5.41, 5.74) is 3.15. The normalized spacial score (nSPS) is 31.2. The predicted octanol–water partition coefficient (Wildman–Crippen LogP) is 0.0335. The topological polar surface area (TPSA) is 33.3 Å². The number of rotatable bonds is 0. The van der Waals surface area contributed by atoms with Gasteiger partial charge in [0.15, 0.2) is 0 Å². The van der Waals surface area contributed by atoms with E-state index in [1.54, 1.807) is 0 Å². The third kappa shape index (κ3) is 1.05. The van der Waals surface area contributed by atoms with E-state index in [0.29, 0.717) is 0 Å². The lowest BCUT2D eigenvalue weighted by atomic mass is 9.90. The molecule has 2 aliphatic rings. The number of hydrogen-bond donors (Lipinski definition) is 2. The summed E-state index contributed by atoms with van der Waals surface area (Å²) in [5, 5.41) is 3.33. The van der Waals surface area contributed by atoms with Crippen LogP contribution in [0.5, 0.6) is 0 Å². The Hall–Kier alpha value is -0.120. The van der Waals surface area contributed by atoms with Gasteiger partial charge in [-0.05, 0) is 32.4 Å². The zero-order valence-corrected chi connectivity index (χ0v) is 6.15. The molecule has 58 valence electrons. The van der Waals surface area contributed by atoms with Gasteiger partial charge in [0.1, 0.15) is 0 Å². The summed E-state index contributed by atoms with van der Waals surface area (Å²) in [6.45, 7) is 3.25. The summed E-state index contributed by atoms with van der Waals surface area (Å²) in [7, 11) is 0. The van der Waals surface area contributed by atoms with Crippen LogP contribution in [0.3, 0.4) is 0 Å². The van der Waals surface area contributed by atoms with Crippen LogP contribution < -0.4 is 10.8 Å². The number of hydrogen-bond acceptors (Lipinski definition) is 3. The van der Waals surface area contributed by atoms with Crippen LogP contribution in [0.2, 0.25) is 0 Å². The first-order valence-corrected chi connectivity index (χ1v) is 4.03. The Morgan fingerprint density at radius 3 is 2.30 bits per heavy atom. The highest BCUT2D eigenvalue weighted by atomic mass is 16.7. The molecular formula is C7H14N2O. The fraction of sp³-hybridized carbons (Fsp3) is 1.00. The summed E-state index contributed by atoms with van der Waals surface area (Å²) < 4.78 is 0. The largest absolute Gasteiger partial charge is 0.317 e. The van der Waals surface area contributed by atoms with Crippen molar-refractivity contribution in [2.45, 2.75) is 24.9 Å². The second-order valence-electron chi connectivity index (χ2n) is 3.18. The average Bonchev–Trinajstić information content (AvgIpc) is 2.39. The lowest BCUT2D eigenvalue weighted by Crippen LogP contribution is -2.42. The van der Waals surface area contributed by atoms with E-state index >= 15 is 0 Å². The van der Waals surface area contributed by atoms with Crippen molar-refractivity contribution in [3.8, 4) is 0 Å². The summed E-state index contributed by atoms with van der Waals surface area (Å²) in [4.78, 5) is 5.49. The van der Waals surface area contributed by atoms with Crippen LogP contribution in [0.15, 0.2) is 0 Å². The summed E-state index contributed by atoms with van der Waals surface area (Å²) in [5.74, 6) is 0. The fourth-order valence-electron chi connectivity index (χ4n) is 1.77. The van der Waals surface area contributed by atoms with Gasteiger partial charge in [0.2, 0.25) is 0 Å². The van der Waals surface area contributed by atoms with Crippen molar-refractivity contribution < 1.29 is 4.84 Å². The van der Waals surface area contributed by atoms with E-state index in [-0.39, 0.29) is 5.60 Å². The first-order chi connectivity index (χ1) is 4.91. The van der Waals surface area contributed by atoms with E-state index < -0.39 is 0 Å². The van der Waals surface area contributed by atoms with Crippen LogP contribution in [-0.4, -0.2) is 25.2 Å². The highest BCUT2D eigenvalue weighted by Crippen LogP contribution is 2.28. The Bertz CT molecular complexity index is 113. The molecule has 0 radical (unpaired) electrons. The van der Waals surface area contributed by atoms with Crippen molar-refractivity contribution in [2.75, 3.05) is 19.6 Å². The van der Waals surface area contributed by atoms with E-state index in [4.69, 9.17) is 4.84 Å². The molecule has 0 aromatic heterocycles. The lowest BCUT2D eigenvalue weighted by molar-refractivity contribution is -0.0699. The standard InChI is InChI=1S/C7H14N2O/c1-4-8-5-2-7(1)3-6-9-10-7/h8-9H,1-6H2. The Balaban J connectivity index is 1.98. The molecule has 0 unspecified atom stereocenters. The molecule has 0 aliphatic carbocycles.